The highest BCUT2D eigenvalue weighted by molar-refractivity contribution is 8.00. The highest BCUT2D eigenvalue weighted by Crippen LogP contribution is 2.33. The fraction of sp³-hybridized carbons (Fsp3) is 0.588. The minimum absolute atomic E-state index is 0.0749. The van der Waals surface area contributed by atoms with Gasteiger partial charge in [-0.2, -0.15) is 11.8 Å². The molecule has 24 heavy (non-hydrogen) atoms. The number of hydrogen-bond acceptors (Lipinski definition) is 3. The Labute approximate surface area is 158 Å². The van der Waals surface area contributed by atoms with Gasteiger partial charge in [-0.15, -0.1) is 0 Å². The third kappa shape index (κ3) is 5.19. The van der Waals surface area contributed by atoms with Crippen molar-refractivity contribution in [3.05, 3.63) is 33.8 Å². The van der Waals surface area contributed by atoms with Crippen LogP contribution in [-0.4, -0.2) is 43.8 Å². The summed E-state index contributed by atoms with van der Waals surface area (Å²) in [5.41, 5.74) is 1.07. The molecule has 2 N–H and O–H groups in total. The van der Waals surface area contributed by atoms with E-state index in [4.69, 9.17) is 27.9 Å². The first-order valence-electron chi connectivity index (χ1n) is 8.05. The van der Waals surface area contributed by atoms with Crippen molar-refractivity contribution >= 4 is 40.9 Å². The standard InChI is InChI=1S/C17H25Cl2N3OS/c1-12(13-4-5-14(18)15(19)10-13)22-16(20-2)21-11-17(24-3)6-8-23-9-7-17/h4-5,10,12H,6-9,11H2,1-3H3,(H2,20,21,22). The van der Waals surface area contributed by atoms with Crippen LogP contribution in [0, 0.1) is 0 Å². The second kappa shape index (κ2) is 9.18. The molecule has 0 bridgehead atoms. The van der Waals surface area contributed by atoms with E-state index in [9.17, 15) is 0 Å². The van der Waals surface area contributed by atoms with Crippen LogP contribution in [0.25, 0.3) is 0 Å². The van der Waals surface area contributed by atoms with Gasteiger partial charge in [0, 0.05) is 31.6 Å². The summed E-state index contributed by atoms with van der Waals surface area (Å²) >= 11 is 14.0. The van der Waals surface area contributed by atoms with E-state index in [1.807, 2.05) is 30.0 Å². The van der Waals surface area contributed by atoms with Gasteiger partial charge in [-0.25, -0.2) is 0 Å². The molecule has 134 valence electrons. The Kier molecular flexibility index (Phi) is 7.54. The molecule has 7 heteroatoms. The van der Waals surface area contributed by atoms with Crippen LogP contribution in [-0.2, 0) is 4.74 Å². The van der Waals surface area contributed by atoms with E-state index in [0.717, 1.165) is 44.1 Å². The fourth-order valence-corrected chi connectivity index (χ4v) is 3.80. The van der Waals surface area contributed by atoms with Crippen LogP contribution in [0.5, 0.6) is 0 Å². The molecular formula is C17H25Cl2N3OS. The number of benzene rings is 1. The molecule has 1 fully saturated rings. The Hall–Kier alpha value is -0.620. The third-order valence-corrected chi connectivity index (χ3v) is 6.59. The lowest BCUT2D eigenvalue weighted by Crippen LogP contribution is -2.48. The lowest BCUT2D eigenvalue weighted by molar-refractivity contribution is 0.0782. The highest BCUT2D eigenvalue weighted by Gasteiger charge is 2.31. The van der Waals surface area contributed by atoms with Crippen LogP contribution in [0.4, 0.5) is 0 Å². The molecule has 0 radical (unpaired) electrons. The molecule has 0 spiro atoms. The van der Waals surface area contributed by atoms with E-state index < -0.39 is 0 Å². The maximum absolute atomic E-state index is 6.11. The molecule has 1 unspecified atom stereocenters. The molecule has 0 aliphatic carbocycles. The summed E-state index contributed by atoms with van der Waals surface area (Å²) in [6.07, 6.45) is 4.28. The first-order chi connectivity index (χ1) is 11.5. The van der Waals surface area contributed by atoms with Gasteiger partial charge >= 0.3 is 0 Å². The van der Waals surface area contributed by atoms with E-state index >= 15 is 0 Å². The topological polar surface area (TPSA) is 45.7 Å². The van der Waals surface area contributed by atoms with Gasteiger partial charge in [0.1, 0.15) is 0 Å². The predicted octanol–water partition coefficient (Wildman–Crippen LogP) is 4.13. The van der Waals surface area contributed by atoms with Crippen molar-refractivity contribution < 1.29 is 4.74 Å². The quantitative estimate of drug-likeness (QED) is 0.586. The molecule has 1 aliphatic rings. The van der Waals surface area contributed by atoms with Crippen LogP contribution in [0.3, 0.4) is 0 Å². The molecule has 1 heterocycles. The van der Waals surface area contributed by atoms with E-state index in [1.165, 1.54) is 0 Å². The Morgan fingerprint density at radius 2 is 2.04 bits per heavy atom. The SMILES string of the molecule is CN=C(NCC1(SC)CCOCC1)NC(C)c1ccc(Cl)c(Cl)c1. The van der Waals surface area contributed by atoms with Crippen molar-refractivity contribution in [2.45, 2.75) is 30.6 Å². The maximum Gasteiger partial charge on any atom is 0.191 e. The largest absolute Gasteiger partial charge is 0.381 e. The molecule has 1 aliphatic heterocycles. The number of nitrogens with zero attached hydrogens (tertiary/aromatic N) is 1. The number of rotatable bonds is 5. The Bertz CT molecular complexity index is 577. The van der Waals surface area contributed by atoms with Crippen molar-refractivity contribution in [2.24, 2.45) is 4.99 Å². The molecule has 0 amide bonds. The molecule has 1 aromatic carbocycles. The van der Waals surface area contributed by atoms with Crippen molar-refractivity contribution in [1.82, 2.24) is 10.6 Å². The lowest BCUT2D eigenvalue weighted by Gasteiger charge is -2.36. The highest BCUT2D eigenvalue weighted by atomic mass is 35.5. The van der Waals surface area contributed by atoms with Crippen molar-refractivity contribution in [3.63, 3.8) is 0 Å². The summed E-state index contributed by atoms with van der Waals surface area (Å²) in [4.78, 5) is 4.34. The first kappa shape index (κ1) is 19.7. The molecular weight excluding hydrogens is 365 g/mol. The molecule has 4 nitrogen and oxygen atoms in total. The minimum atomic E-state index is 0.0749. The third-order valence-electron chi connectivity index (χ3n) is 4.44. The lowest BCUT2D eigenvalue weighted by atomic mass is 9.99. The van der Waals surface area contributed by atoms with E-state index in [-0.39, 0.29) is 10.8 Å². The average molecular weight is 390 g/mol. The minimum Gasteiger partial charge on any atom is -0.381 e. The van der Waals surface area contributed by atoms with Gasteiger partial charge in [0.15, 0.2) is 5.96 Å². The first-order valence-corrected chi connectivity index (χ1v) is 10.0. The number of hydrogen-bond donors (Lipinski definition) is 2. The van der Waals surface area contributed by atoms with Gasteiger partial charge < -0.3 is 15.4 Å². The van der Waals surface area contributed by atoms with Gasteiger partial charge in [0.2, 0.25) is 0 Å². The zero-order valence-electron chi connectivity index (χ0n) is 14.4. The van der Waals surface area contributed by atoms with Crippen LogP contribution in [0.15, 0.2) is 23.2 Å². The molecule has 1 atom stereocenters. The zero-order valence-corrected chi connectivity index (χ0v) is 16.7. The summed E-state index contributed by atoms with van der Waals surface area (Å²) < 4.78 is 5.70. The van der Waals surface area contributed by atoms with Crippen LogP contribution >= 0.6 is 35.0 Å². The predicted molar refractivity (Wildman–Crippen MR) is 106 cm³/mol. The van der Waals surface area contributed by atoms with Crippen molar-refractivity contribution in [3.8, 4) is 0 Å². The monoisotopic (exact) mass is 389 g/mol. The van der Waals surface area contributed by atoms with Gasteiger partial charge in [-0.05, 0) is 43.7 Å². The second-order valence-corrected chi connectivity index (χ2v) is 8.05. The average Bonchev–Trinajstić information content (AvgIpc) is 2.61. The van der Waals surface area contributed by atoms with Crippen molar-refractivity contribution in [2.75, 3.05) is 33.1 Å². The van der Waals surface area contributed by atoms with Gasteiger partial charge in [-0.1, -0.05) is 29.3 Å². The number of thioether (sulfide) groups is 1. The molecule has 1 saturated heterocycles. The van der Waals surface area contributed by atoms with E-state index in [0.29, 0.717) is 10.0 Å². The van der Waals surface area contributed by atoms with Crippen LogP contribution in [0.1, 0.15) is 31.4 Å². The van der Waals surface area contributed by atoms with Gasteiger partial charge in [0.05, 0.1) is 16.1 Å². The van der Waals surface area contributed by atoms with Crippen LogP contribution in [0.2, 0.25) is 10.0 Å². The fourth-order valence-electron chi connectivity index (χ4n) is 2.71. The Morgan fingerprint density at radius 1 is 1.33 bits per heavy atom. The normalized spacial score (nSPS) is 19.0. The Morgan fingerprint density at radius 3 is 2.62 bits per heavy atom. The van der Waals surface area contributed by atoms with Crippen molar-refractivity contribution in [1.29, 1.82) is 0 Å². The molecule has 0 aromatic heterocycles. The smallest absolute Gasteiger partial charge is 0.191 e. The summed E-state index contributed by atoms with van der Waals surface area (Å²) in [7, 11) is 1.78. The summed E-state index contributed by atoms with van der Waals surface area (Å²) in [6.45, 7) is 4.60. The number of aliphatic imine (C=N–C) groups is 1. The summed E-state index contributed by atoms with van der Waals surface area (Å²) in [6, 6.07) is 5.75. The molecule has 0 saturated carbocycles. The molecule has 2 rings (SSSR count). The second-order valence-electron chi connectivity index (χ2n) is 5.96. The number of ether oxygens (including phenoxy) is 1. The zero-order chi connectivity index (χ0) is 17.6. The molecule has 1 aromatic rings. The number of guanidine groups is 1. The van der Waals surface area contributed by atoms with Crippen LogP contribution < -0.4 is 10.6 Å². The van der Waals surface area contributed by atoms with E-state index in [2.05, 4.69) is 28.8 Å². The van der Waals surface area contributed by atoms with E-state index in [1.54, 1.807) is 7.05 Å². The number of nitrogens with one attached hydrogen (secondary N) is 2. The Balaban J connectivity index is 1.95. The maximum atomic E-state index is 6.11. The summed E-state index contributed by atoms with van der Waals surface area (Å²) in [5.74, 6) is 0.786. The van der Waals surface area contributed by atoms with Gasteiger partial charge in [0.25, 0.3) is 0 Å². The number of halogens is 2. The summed E-state index contributed by atoms with van der Waals surface area (Å²) in [5, 5.41) is 8.00. The van der Waals surface area contributed by atoms with Gasteiger partial charge in [-0.3, -0.25) is 4.99 Å².